The number of aromatic hydroxyl groups is 1. The summed E-state index contributed by atoms with van der Waals surface area (Å²) in [6.45, 7) is 3.20. The van der Waals surface area contributed by atoms with Crippen molar-refractivity contribution in [1.29, 1.82) is 0 Å². The van der Waals surface area contributed by atoms with Crippen molar-refractivity contribution in [2.45, 2.75) is 32.2 Å². The maximum atomic E-state index is 9.44. The first-order valence-corrected chi connectivity index (χ1v) is 5.30. The zero-order valence-corrected chi connectivity index (χ0v) is 8.59. The van der Waals surface area contributed by atoms with Crippen molar-refractivity contribution in [3.8, 4) is 5.75 Å². The molecule has 2 N–H and O–H groups in total. The summed E-state index contributed by atoms with van der Waals surface area (Å²) >= 11 is 0. The highest BCUT2D eigenvalue weighted by Crippen LogP contribution is 2.27. The summed E-state index contributed by atoms with van der Waals surface area (Å²) in [5.74, 6) is 0.373. The van der Waals surface area contributed by atoms with Gasteiger partial charge in [0.1, 0.15) is 5.75 Å². The molecule has 0 radical (unpaired) electrons. The summed E-state index contributed by atoms with van der Waals surface area (Å²) in [4.78, 5) is 0. The zero-order valence-electron chi connectivity index (χ0n) is 8.59. The van der Waals surface area contributed by atoms with Crippen molar-refractivity contribution in [3.63, 3.8) is 0 Å². The molecule has 0 aliphatic carbocycles. The maximum Gasteiger partial charge on any atom is 0.115 e. The molecular formula is C12H17NO. The number of piperidine rings is 1. The Labute approximate surface area is 85.0 Å². The number of phenolic OH excluding ortho intramolecular Hbond substituents is 1. The van der Waals surface area contributed by atoms with Gasteiger partial charge in [-0.05, 0) is 49.6 Å². The summed E-state index contributed by atoms with van der Waals surface area (Å²) < 4.78 is 0. The highest BCUT2D eigenvalue weighted by molar-refractivity contribution is 5.36. The van der Waals surface area contributed by atoms with E-state index in [9.17, 15) is 5.11 Å². The van der Waals surface area contributed by atoms with E-state index in [2.05, 4.69) is 12.2 Å². The van der Waals surface area contributed by atoms with Crippen LogP contribution in [0.1, 0.15) is 36.4 Å². The topological polar surface area (TPSA) is 32.3 Å². The van der Waals surface area contributed by atoms with E-state index in [1.165, 1.54) is 30.4 Å². The lowest BCUT2D eigenvalue weighted by Gasteiger charge is -2.25. The highest BCUT2D eigenvalue weighted by Gasteiger charge is 2.16. The van der Waals surface area contributed by atoms with Gasteiger partial charge in [-0.3, -0.25) is 0 Å². The standard InChI is InChI=1S/C12H17NO/c1-9-5-6-10(14)8-11(9)12-4-2-3-7-13-12/h5-6,8,12-14H,2-4,7H2,1H3. The van der Waals surface area contributed by atoms with E-state index < -0.39 is 0 Å². The third-order valence-electron chi connectivity index (χ3n) is 2.95. The van der Waals surface area contributed by atoms with Crippen LogP contribution in [0, 0.1) is 6.92 Å². The van der Waals surface area contributed by atoms with Crippen LogP contribution in [0.25, 0.3) is 0 Å². The Balaban J connectivity index is 2.24. The third kappa shape index (κ3) is 1.90. The molecule has 2 rings (SSSR count). The van der Waals surface area contributed by atoms with Crippen LogP contribution in [-0.2, 0) is 0 Å². The van der Waals surface area contributed by atoms with Crippen molar-refractivity contribution in [2.24, 2.45) is 0 Å². The van der Waals surface area contributed by atoms with Gasteiger partial charge in [0, 0.05) is 6.04 Å². The van der Waals surface area contributed by atoms with Crippen LogP contribution < -0.4 is 5.32 Å². The Morgan fingerprint density at radius 1 is 1.36 bits per heavy atom. The summed E-state index contributed by atoms with van der Waals surface area (Å²) in [6.07, 6.45) is 3.74. The van der Waals surface area contributed by atoms with E-state index >= 15 is 0 Å². The minimum absolute atomic E-state index is 0.373. The Bertz CT molecular complexity index is 316. The highest BCUT2D eigenvalue weighted by atomic mass is 16.3. The molecule has 2 nitrogen and oxygen atoms in total. The van der Waals surface area contributed by atoms with Crippen LogP contribution >= 0.6 is 0 Å². The quantitative estimate of drug-likeness (QED) is 0.715. The van der Waals surface area contributed by atoms with Gasteiger partial charge >= 0.3 is 0 Å². The van der Waals surface area contributed by atoms with E-state index in [1.807, 2.05) is 12.1 Å². The van der Waals surface area contributed by atoms with Gasteiger partial charge in [-0.2, -0.15) is 0 Å². The number of hydrogen-bond donors (Lipinski definition) is 2. The molecule has 14 heavy (non-hydrogen) atoms. The van der Waals surface area contributed by atoms with Gasteiger partial charge < -0.3 is 10.4 Å². The minimum Gasteiger partial charge on any atom is -0.508 e. The lowest BCUT2D eigenvalue weighted by Crippen LogP contribution is -2.27. The van der Waals surface area contributed by atoms with Gasteiger partial charge in [0.15, 0.2) is 0 Å². The van der Waals surface area contributed by atoms with Crippen LogP contribution in [0.5, 0.6) is 5.75 Å². The molecule has 1 unspecified atom stereocenters. The van der Waals surface area contributed by atoms with Crippen LogP contribution in [0.15, 0.2) is 18.2 Å². The third-order valence-corrected chi connectivity index (χ3v) is 2.95. The average Bonchev–Trinajstić information content (AvgIpc) is 2.23. The number of nitrogens with one attached hydrogen (secondary N) is 1. The summed E-state index contributed by atoms with van der Waals surface area (Å²) in [5, 5.41) is 12.9. The van der Waals surface area contributed by atoms with Gasteiger partial charge in [-0.25, -0.2) is 0 Å². The summed E-state index contributed by atoms with van der Waals surface area (Å²) in [6, 6.07) is 6.07. The molecule has 1 aliphatic rings. The fourth-order valence-electron chi connectivity index (χ4n) is 2.12. The van der Waals surface area contributed by atoms with E-state index in [-0.39, 0.29) is 0 Å². The lowest BCUT2D eigenvalue weighted by atomic mass is 9.94. The van der Waals surface area contributed by atoms with Gasteiger partial charge in [0.25, 0.3) is 0 Å². The molecule has 1 atom stereocenters. The van der Waals surface area contributed by atoms with Gasteiger partial charge in [-0.1, -0.05) is 12.5 Å². The van der Waals surface area contributed by atoms with Crippen molar-refractivity contribution in [1.82, 2.24) is 5.32 Å². The molecule has 1 heterocycles. The predicted octanol–water partition coefficient (Wildman–Crippen LogP) is 2.52. The predicted molar refractivity (Wildman–Crippen MR) is 57.4 cm³/mol. The molecule has 1 saturated heterocycles. The number of hydrogen-bond acceptors (Lipinski definition) is 2. The van der Waals surface area contributed by atoms with Gasteiger partial charge in [-0.15, -0.1) is 0 Å². The second-order valence-electron chi connectivity index (χ2n) is 4.04. The normalized spacial score (nSPS) is 22.2. The molecule has 0 bridgehead atoms. The molecular weight excluding hydrogens is 174 g/mol. The molecule has 76 valence electrons. The minimum atomic E-state index is 0.373. The zero-order chi connectivity index (χ0) is 9.97. The first-order chi connectivity index (χ1) is 6.77. The molecule has 0 spiro atoms. The van der Waals surface area contributed by atoms with Crippen molar-refractivity contribution in [3.05, 3.63) is 29.3 Å². The number of phenols is 1. The summed E-state index contributed by atoms with van der Waals surface area (Å²) in [5.41, 5.74) is 2.52. The number of rotatable bonds is 1. The maximum absolute atomic E-state index is 9.44. The molecule has 1 aromatic rings. The Morgan fingerprint density at radius 2 is 2.21 bits per heavy atom. The largest absolute Gasteiger partial charge is 0.508 e. The second-order valence-corrected chi connectivity index (χ2v) is 4.04. The number of benzene rings is 1. The molecule has 0 amide bonds. The summed E-state index contributed by atoms with van der Waals surface area (Å²) in [7, 11) is 0. The fraction of sp³-hybridized carbons (Fsp3) is 0.500. The molecule has 1 fully saturated rings. The van der Waals surface area contributed by atoms with E-state index in [1.54, 1.807) is 6.07 Å². The van der Waals surface area contributed by atoms with E-state index in [4.69, 9.17) is 0 Å². The van der Waals surface area contributed by atoms with Crippen LogP contribution in [-0.4, -0.2) is 11.7 Å². The molecule has 1 aromatic carbocycles. The Kier molecular flexibility index (Phi) is 2.73. The van der Waals surface area contributed by atoms with Crippen LogP contribution in [0.4, 0.5) is 0 Å². The van der Waals surface area contributed by atoms with Crippen molar-refractivity contribution >= 4 is 0 Å². The van der Waals surface area contributed by atoms with E-state index in [0.29, 0.717) is 11.8 Å². The monoisotopic (exact) mass is 191 g/mol. The SMILES string of the molecule is Cc1ccc(O)cc1C1CCCCN1. The Hall–Kier alpha value is -1.02. The number of aryl methyl sites for hydroxylation is 1. The van der Waals surface area contributed by atoms with Crippen molar-refractivity contribution in [2.75, 3.05) is 6.54 Å². The molecule has 1 aliphatic heterocycles. The lowest BCUT2D eigenvalue weighted by molar-refractivity contribution is 0.408. The Morgan fingerprint density at radius 3 is 2.93 bits per heavy atom. The average molecular weight is 191 g/mol. The van der Waals surface area contributed by atoms with Gasteiger partial charge in [0.2, 0.25) is 0 Å². The van der Waals surface area contributed by atoms with Crippen molar-refractivity contribution < 1.29 is 5.11 Å². The van der Waals surface area contributed by atoms with Crippen LogP contribution in [0.2, 0.25) is 0 Å². The molecule has 0 saturated carbocycles. The first-order valence-electron chi connectivity index (χ1n) is 5.30. The molecule has 0 aromatic heterocycles. The smallest absolute Gasteiger partial charge is 0.115 e. The molecule has 2 heteroatoms. The fourth-order valence-corrected chi connectivity index (χ4v) is 2.12. The first kappa shape index (κ1) is 9.53. The van der Waals surface area contributed by atoms with E-state index in [0.717, 1.165) is 6.54 Å². The van der Waals surface area contributed by atoms with Crippen LogP contribution in [0.3, 0.4) is 0 Å². The van der Waals surface area contributed by atoms with Gasteiger partial charge in [0.05, 0.1) is 0 Å². The second kappa shape index (κ2) is 4.01.